The van der Waals surface area contributed by atoms with Gasteiger partial charge in [0.2, 0.25) is 5.88 Å². The van der Waals surface area contributed by atoms with Gasteiger partial charge in [-0.3, -0.25) is 4.79 Å². The summed E-state index contributed by atoms with van der Waals surface area (Å²) >= 11 is 0. The normalized spacial score (nSPS) is 11.2. The summed E-state index contributed by atoms with van der Waals surface area (Å²) in [6.07, 6.45) is 1.70. The fourth-order valence-corrected chi connectivity index (χ4v) is 3.78. The number of aromatic hydroxyl groups is 1. The first-order valence-corrected chi connectivity index (χ1v) is 10.1. The zero-order valence-electron chi connectivity index (χ0n) is 17.6. The standard InChI is InChI=1S/C25H19N5O2.H2O/c1-2-16-29-21-15-9-7-13-19(21)22(24(29)32)27-28-25-26-20-14-8-6-12-18(20)23(31)30(25)17-10-4-3-5-11-17;/h2-15,32H,1,16H2;1H2. The molecule has 0 radical (unpaired) electrons. The zero-order chi connectivity index (χ0) is 22.1. The van der Waals surface area contributed by atoms with Crippen LogP contribution in [0.4, 0.5) is 11.6 Å². The minimum Gasteiger partial charge on any atom is -0.493 e. The fourth-order valence-electron chi connectivity index (χ4n) is 3.78. The highest BCUT2D eigenvalue weighted by Crippen LogP contribution is 2.39. The summed E-state index contributed by atoms with van der Waals surface area (Å²) in [7, 11) is 0. The first-order chi connectivity index (χ1) is 15.7. The molecule has 0 aliphatic carbocycles. The molecule has 0 saturated carbocycles. The molecule has 0 amide bonds. The van der Waals surface area contributed by atoms with Crippen molar-refractivity contribution >= 4 is 33.4 Å². The Bertz CT molecular complexity index is 1550. The van der Waals surface area contributed by atoms with E-state index in [0.717, 1.165) is 10.9 Å². The average molecular weight is 439 g/mol. The highest BCUT2D eigenvalue weighted by Gasteiger charge is 2.17. The summed E-state index contributed by atoms with van der Waals surface area (Å²) in [5.74, 6) is 0.101. The summed E-state index contributed by atoms with van der Waals surface area (Å²) in [5.41, 5.74) is 2.03. The van der Waals surface area contributed by atoms with Gasteiger partial charge in [0.25, 0.3) is 11.5 Å². The molecule has 3 N–H and O–H groups in total. The van der Waals surface area contributed by atoms with E-state index in [1.807, 2.05) is 60.7 Å². The lowest BCUT2D eigenvalue weighted by Crippen LogP contribution is -2.19. The Morgan fingerprint density at radius 1 is 0.909 bits per heavy atom. The number of hydrogen-bond donors (Lipinski definition) is 1. The molecule has 5 rings (SSSR count). The molecule has 0 aliphatic heterocycles. The monoisotopic (exact) mass is 439 g/mol. The molecule has 33 heavy (non-hydrogen) atoms. The molecule has 0 unspecified atom stereocenters. The Morgan fingerprint density at radius 3 is 2.33 bits per heavy atom. The van der Waals surface area contributed by atoms with Gasteiger partial charge in [0.1, 0.15) is 0 Å². The molecule has 8 nitrogen and oxygen atoms in total. The second-order valence-electron chi connectivity index (χ2n) is 7.19. The molecule has 0 spiro atoms. The van der Waals surface area contributed by atoms with Crippen molar-refractivity contribution < 1.29 is 10.6 Å². The molecule has 0 fully saturated rings. The van der Waals surface area contributed by atoms with E-state index in [1.54, 1.807) is 28.8 Å². The van der Waals surface area contributed by atoms with Crippen molar-refractivity contribution in [1.29, 1.82) is 0 Å². The van der Waals surface area contributed by atoms with E-state index in [9.17, 15) is 9.90 Å². The van der Waals surface area contributed by atoms with E-state index < -0.39 is 0 Å². The molecule has 2 aromatic heterocycles. The van der Waals surface area contributed by atoms with E-state index in [4.69, 9.17) is 0 Å². The number of fused-ring (bicyclic) bond motifs is 2. The Kier molecular flexibility index (Phi) is 5.84. The molecule has 0 atom stereocenters. The van der Waals surface area contributed by atoms with Gasteiger partial charge >= 0.3 is 0 Å². The number of allylic oxidation sites excluding steroid dienone is 1. The molecule has 5 aromatic rings. The van der Waals surface area contributed by atoms with Crippen molar-refractivity contribution in [3.8, 4) is 11.6 Å². The second kappa shape index (κ2) is 8.89. The average Bonchev–Trinajstić information content (AvgIpc) is 3.09. The van der Waals surface area contributed by atoms with Crippen molar-refractivity contribution in [2.75, 3.05) is 0 Å². The Labute approximate surface area is 188 Å². The lowest BCUT2D eigenvalue weighted by atomic mass is 10.2. The molecule has 3 aromatic carbocycles. The highest BCUT2D eigenvalue weighted by molar-refractivity contribution is 5.95. The molecule has 0 aliphatic rings. The number of aromatic nitrogens is 3. The maximum absolute atomic E-state index is 13.3. The van der Waals surface area contributed by atoms with Gasteiger partial charge in [-0.05, 0) is 30.3 Å². The van der Waals surface area contributed by atoms with Crippen molar-refractivity contribution in [2.24, 2.45) is 10.2 Å². The van der Waals surface area contributed by atoms with Crippen LogP contribution in [0.25, 0.3) is 27.5 Å². The van der Waals surface area contributed by atoms with Crippen molar-refractivity contribution in [1.82, 2.24) is 14.1 Å². The predicted octanol–water partition coefficient (Wildman–Crippen LogP) is 4.82. The molecule has 0 saturated heterocycles. The largest absolute Gasteiger partial charge is 0.493 e. The smallest absolute Gasteiger partial charge is 0.267 e. The Morgan fingerprint density at radius 2 is 1.58 bits per heavy atom. The number of rotatable bonds is 5. The maximum Gasteiger partial charge on any atom is 0.267 e. The number of para-hydroxylation sites is 3. The van der Waals surface area contributed by atoms with Crippen LogP contribution in [0.3, 0.4) is 0 Å². The van der Waals surface area contributed by atoms with E-state index in [1.165, 1.54) is 4.57 Å². The Hall–Kier alpha value is -4.56. The van der Waals surface area contributed by atoms with Gasteiger partial charge in [-0.25, -0.2) is 9.55 Å². The maximum atomic E-state index is 13.3. The number of azo groups is 1. The SMILES string of the molecule is C=CCn1c(O)c(N=Nc2nc3ccccc3c(=O)n2-c2ccccc2)c2ccccc21.O. The Balaban J connectivity index is 0.00000259. The van der Waals surface area contributed by atoms with Crippen molar-refractivity contribution in [3.63, 3.8) is 0 Å². The van der Waals surface area contributed by atoms with Crippen LogP contribution < -0.4 is 5.56 Å². The van der Waals surface area contributed by atoms with Crippen molar-refractivity contribution in [3.05, 3.63) is 102 Å². The fraction of sp³-hybridized carbons (Fsp3) is 0.0400. The molecule has 0 bridgehead atoms. The lowest BCUT2D eigenvalue weighted by Gasteiger charge is -2.09. The quantitative estimate of drug-likeness (QED) is 0.312. The van der Waals surface area contributed by atoms with Crippen LogP contribution in [0.15, 0.2) is 107 Å². The predicted molar refractivity (Wildman–Crippen MR) is 129 cm³/mol. The third-order valence-electron chi connectivity index (χ3n) is 5.24. The van der Waals surface area contributed by atoms with Gasteiger partial charge < -0.3 is 15.1 Å². The minimum absolute atomic E-state index is 0. The summed E-state index contributed by atoms with van der Waals surface area (Å²) < 4.78 is 3.13. The van der Waals surface area contributed by atoms with Crippen molar-refractivity contribution in [2.45, 2.75) is 6.54 Å². The van der Waals surface area contributed by atoms with Gasteiger partial charge in [-0.1, -0.05) is 54.6 Å². The summed E-state index contributed by atoms with van der Waals surface area (Å²) in [4.78, 5) is 17.9. The van der Waals surface area contributed by atoms with Gasteiger partial charge in [0.05, 0.1) is 22.1 Å². The van der Waals surface area contributed by atoms with Crippen LogP contribution in [0.2, 0.25) is 0 Å². The third kappa shape index (κ3) is 3.68. The first-order valence-electron chi connectivity index (χ1n) is 10.1. The molecular formula is C25H21N5O3. The molecule has 164 valence electrons. The van der Waals surface area contributed by atoms with Crippen LogP contribution in [0.1, 0.15) is 0 Å². The van der Waals surface area contributed by atoms with Crippen LogP contribution in [0, 0.1) is 0 Å². The van der Waals surface area contributed by atoms with Crippen LogP contribution >= 0.6 is 0 Å². The highest BCUT2D eigenvalue weighted by atomic mass is 16.3. The van der Waals surface area contributed by atoms with Crippen LogP contribution in [-0.4, -0.2) is 24.7 Å². The van der Waals surface area contributed by atoms with E-state index in [2.05, 4.69) is 21.8 Å². The summed E-state index contributed by atoms with van der Waals surface area (Å²) in [6.45, 7) is 4.18. The topological polar surface area (TPSA) is 116 Å². The molecule has 2 heterocycles. The van der Waals surface area contributed by atoms with Gasteiger partial charge in [0.15, 0.2) is 5.69 Å². The van der Waals surface area contributed by atoms with E-state index >= 15 is 0 Å². The van der Waals surface area contributed by atoms with Crippen LogP contribution in [-0.2, 0) is 6.54 Å². The van der Waals surface area contributed by atoms with Crippen LogP contribution in [0.5, 0.6) is 5.88 Å². The second-order valence-corrected chi connectivity index (χ2v) is 7.19. The third-order valence-corrected chi connectivity index (χ3v) is 5.24. The van der Waals surface area contributed by atoms with E-state index in [-0.39, 0.29) is 22.9 Å². The number of benzene rings is 3. The molecular weight excluding hydrogens is 418 g/mol. The van der Waals surface area contributed by atoms with E-state index in [0.29, 0.717) is 28.8 Å². The van der Waals surface area contributed by atoms with Gasteiger partial charge in [-0.2, -0.15) is 0 Å². The number of hydrogen-bond acceptors (Lipinski definition) is 5. The molecule has 8 heteroatoms. The summed E-state index contributed by atoms with van der Waals surface area (Å²) in [6, 6.07) is 23.8. The summed E-state index contributed by atoms with van der Waals surface area (Å²) in [5, 5.41) is 20.7. The zero-order valence-corrected chi connectivity index (χ0v) is 17.6. The first kappa shape index (κ1) is 21.7. The number of nitrogens with zero attached hydrogens (tertiary/aromatic N) is 5. The lowest BCUT2D eigenvalue weighted by molar-refractivity contribution is 0.431. The van der Waals surface area contributed by atoms with Gasteiger partial charge in [-0.15, -0.1) is 16.8 Å². The van der Waals surface area contributed by atoms with Gasteiger partial charge in [0, 0.05) is 11.9 Å². The minimum atomic E-state index is -0.242.